The van der Waals surface area contributed by atoms with Crippen LogP contribution in [0.1, 0.15) is 54.6 Å². The first-order valence-electron chi connectivity index (χ1n) is 14.8. The molecule has 1 fully saturated rings. The van der Waals surface area contributed by atoms with Gasteiger partial charge in [0, 0.05) is 17.7 Å². The number of carbonyl (C=O) groups is 2. The largest absolute Gasteiger partial charge is 0.507 e. The number of aliphatic hydroxyl groups excluding tert-OH is 1. The zero-order chi connectivity index (χ0) is 31.7. The fourth-order valence-corrected chi connectivity index (χ4v) is 7.32. The van der Waals surface area contributed by atoms with Crippen molar-refractivity contribution in [1.29, 1.82) is 0 Å². The Morgan fingerprint density at radius 3 is 2.53 bits per heavy atom. The van der Waals surface area contributed by atoms with Crippen molar-refractivity contribution < 1.29 is 28.9 Å². The van der Waals surface area contributed by atoms with Crippen LogP contribution in [0.2, 0.25) is 0 Å². The number of aliphatic hydroxyl groups is 1. The number of fused-ring (bicyclic) bond motifs is 1. The monoisotopic (exact) mass is 643 g/mol. The van der Waals surface area contributed by atoms with E-state index in [9.17, 15) is 14.7 Å². The maximum atomic E-state index is 13.8. The molecular formula is C34H33N3O6S2. The summed E-state index contributed by atoms with van der Waals surface area (Å²) in [4.78, 5) is 28.8. The molecule has 0 spiro atoms. The summed E-state index contributed by atoms with van der Waals surface area (Å²) in [7, 11) is 0. The highest BCUT2D eigenvalue weighted by atomic mass is 32.2. The van der Waals surface area contributed by atoms with E-state index in [-0.39, 0.29) is 22.6 Å². The van der Waals surface area contributed by atoms with Crippen molar-refractivity contribution in [2.24, 2.45) is 0 Å². The molecule has 2 atom stereocenters. The first kappa shape index (κ1) is 30.7. The van der Waals surface area contributed by atoms with Gasteiger partial charge < -0.3 is 19.3 Å². The Labute approximate surface area is 269 Å². The highest BCUT2D eigenvalue weighted by molar-refractivity contribution is 8.00. The molecule has 4 aromatic rings. The van der Waals surface area contributed by atoms with Gasteiger partial charge in [-0.05, 0) is 74.7 Å². The van der Waals surface area contributed by atoms with E-state index >= 15 is 0 Å². The summed E-state index contributed by atoms with van der Waals surface area (Å²) in [6, 6.07) is 17.8. The highest BCUT2D eigenvalue weighted by Crippen LogP contribution is 2.46. The van der Waals surface area contributed by atoms with E-state index in [0.29, 0.717) is 52.4 Å². The average Bonchev–Trinajstić information content (AvgIpc) is 3.72. The minimum atomic E-state index is -0.980. The molecule has 6 rings (SSSR count). The predicted molar refractivity (Wildman–Crippen MR) is 174 cm³/mol. The summed E-state index contributed by atoms with van der Waals surface area (Å²) < 4.78 is 18.1. The number of ether oxygens (including phenoxy) is 3. The molecule has 2 aliphatic rings. The second-order valence-corrected chi connectivity index (χ2v) is 13.0. The second-order valence-electron chi connectivity index (χ2n) is 10.8. The van der Waals surface area contributed by atoms with Gasteiger partial charge in [-0.25, -0.2) is 0 Å². The van der Waals surface area contributed by atoms with E-state index in [2.05, 4.69) is 34.5 Å². The summed E-state index contributed by atoms with van der Waals surface area (Å²) >= 11 is 2.73. The Kier molecular flexibility index (Phi) is 8.82. The Hall–Kier alpha value is -4.35. The number of aromatic nitrogens is 2. The number of benzene rings is 3. The van der Waals surface area contributed by atoms with E-state index in [0.717, 1.165) is 16.9 Å². The van der Waals surface area contributed by atoms with Crippen LogP contribution in [-0.2, 0) is 21.8 Å². The number of hydrogen-bond acceptors (Lipinski definition) is 10. The van der Waals surface area contributed by atoms with Crippen LogP contribution in [0.3, 0.4) is 0 Å². The number of anilines is 1. The summed E-state index contributed by atoms with van der Waals surface area (Å²) in [6.07, 6.45) is 0.692. The lowest BCUT2D eigenvalue weighted by Gasteiger charge is -2.23. The molecule has 232 valence electrons. The Morgan fingerprint density at radius 2 is 1.78 bits per heavy atom. The normalized spacial score (nSPS) is 18.6. The van der Waals surface area contributed by atoms with E-state index < -0.39 is 17.7 Å². The third-order valence-corrected chi connectivity index (χ3v) is 9.71. The molecule has 0 unspecified atom stereocenters. The molecule has 1 saturated heterocycles. The number of rotatable bonds is 10. The number of amides is 1. The molecule has 3 heterocycles. The molecule has 0 bridgehead atoms. The maximum Gasteiger partial charge on any atom is 0.301 e. The minimum Gasteiger partial charge on any atom is -0.507 e. The molecule has 2 aliphatic heterocycles. The van der Waals surface area contributed by atoms with Gasteiger partial charge in [-0.3, -0.25) is 14.5 Å². The first-order valence-corrected chi connectivity index (χ1v) is 16.6. The molecule has 3 aromatic carbocycles. The van der Waals surface area contributed by atoms with Crippen LogP contribution in [0, 0.1) is 6.92 Å². The van der Waals surface area contributed by atoms with Crippen LogP contribution in [0.25, 0.3) is 5.76 Å². The number of aryl methyl sites for hydroxylation is 1. The fourth-order valence-electron chi connectivity index (χ4n) is 5.50. The van der Waals surface area contributed by atoms with Crippen molar-refractivity contribution in [3.8, 4) is 17.2 Å². The minimum absolute atomic E-state index is 0.0132. The topological polar surface area (TPSA) is 111 Å². The van der Waals surface area contributed by atoms with E-state index in [1.54, 1.807) is 30.3 Å². The van der Waals surface area contributed by atoms with Crippen LogP contribution in [0.5, 0.6) is 17.2 Å². The lowest BCUT2D eigenvalue weighted by molar-refractivity contribution is -0.132. The highest BCUT2D eigenvalue weighted by Gasteiger charge is 2.48. The van der Waals surface area contributed by atoms with Gasteiger partial charge in [-0.2, -0.15) is 0 Å². The number of nitrogens with zero attached hydrogens (tertiary/aromatic N) is 3. The van der Waals surface area contributed by atoms with Crippen LogP contribution >= 0.6 is 23.1 Å². The quantitative estimate of drug-likeness (QED) is 0.0650. The summed E-state index contributed by atoms with van der Waals surface area (Å²) in [5.74, 6) is 0.559. The van der Waals surface area contributed by atoms with E-state index in [1.807, 2.05) is 33.8 Å². The van der Waals surface area contributed by atoms with Crippen molar-refractivity contribution in [2.45, 2.75) is 56.4 Å². The fraction of sp³-hybridized carbons (Fsp3) is 0.294. The van der Waals surface area contributed by atoms with Crippen LogP contribution in [-0.4, -0.2) is 46.3 Å². The Bertz CT molecular complexity index is 1780. The summed E-state index contributed by atoms with van der Waals surface area (Å²) in [5, 5.41) is 20.6. The summed E-state index contributed by atoms with van der Waals surface area (Å²) in [5.41, 5.74) is 4.19. The maximum absolute atomic E-state index is 13.8. The third-order valence-electron chi connectivity index (χ3n) is 7.58. The number of carbonyl (C=O) groups excluding carboxylic acids is 2. The van der Waals surface area contributed by atoms with Gasteiger partial charge in [0.15, 0.2) is 15.8 Å². The third kappa shape index (κ3) is 6.14. The van der Waals surface area contributed by atoms with E-state index in [4.69, 9.17) is 14.2 Å². The lowest BCUT2D eigenvalue weighted by atomic mass is 9.94. The van der Waals surface area contributed by atoms with Gasteiger partial charge in [0.25, 0.3) is 5.78 Å². The molecule has 0 aliphatic carbocycles. The predicted octanol–water partition coefficient (Wildman–Crippen LogP) is 6.89. The molecule has 1 amide bonds. The number of thioether (sulfide) groups is 1. The number of hydrogen-bond donors (Lipinski definition) is 1. The summed E-state index contributed by atoms with van der Waals surface area (Å²) in [6.45, 7) is 8.58. The number of ketones is 1. The van der Waals surface area contributed by atoms with Crippen molar-refractivity contribution in [3.63, 3.8) is 0 Å². The van der Waals surface area contributed by atoms with Gasteiger partial charge in [0.1, 0.15) is 17.6 Å². The zero-order valence-corrected chi connectivity index (χ0v) is 27.0. The van der Waals surface area contributed by atoms with Crippen LogP contribution < -0.4 is 19.1 Å². The molecule has 0 saturated carbocycles. The zero-order valence-electron chi connectivity index (χ0n) is 25.4. The van der Waals surface area contributed by atoms with Crippen LogP contribution in [0.4, 0.5) is 5.13 Å². The van der Waals surface area contributed by atoms with Crippen molar-refractivity contribution in [1.82, 2.24) is 10.2 Å². The molecular weight excluding hydrogens is 611 g/mol. The smallest absolute Gasteiger partial charge is 0.301 e. The van der Waals surface area contributed by atoms with Gasteiger partial charge in [0.2, 0.25) is 5.13 Å². The van der Waals surface area contributed by atoms with Crippen molar-refractivity contribution in [3.05, 3.63) is 94.1 Å². The molecule has 0 radical (unpaired) electrons. The molecule has 1 aromatic heterocycles. The second kappa shape index (κ2) is 12.9. The van der Waals surface area contributed by atoms with Gasteiger partial charge in [-0.1, -0.05) is 59.0 Å². The number of Topliss-reactive ketones (excluding diaryl/α,β-unsaturated/α-hetero) is 1. The standard InChI is InChI=1S/C34H33N3O6S2/c1-5-41-26-14-11-22(17-27(26)42-6-2)29-28(30(38)23-12-13-25-24(16-23)15-20(4)43-25)31(39)32(40)37(29)33-35-36-34(45-33)44-18-21-9-7-19(3)8-10-21/h7-14,16-17,20,29,38H,5-6,15,18H2,1-4H3/t20-,29+/m1/s1. The van der Waals surface area contributed by atoms with E-state index in [1.165, 1.54) is 33.6 Å². The van der Waals surface area contributed by atoms with Crippen molar-refractivity contribution in [2.75, 3.05) is 18.1 Å². The molecule has 9 nitrogen and oxygen atoms in total. The van der Waals surface area contributed by atoms with Crippen LogP contribution in [0.15, 0.2) is 70.6 Å². The van der Waals surface area contributed by atoms with Crippen molar-refractivity contribution >= 4 is 45.7 Å². The molecule has 11 heteroatoms. The van der Waals surface area contributed by atoms with Gasteiger partial charge in [-0.15, -0.1) is 10.2 Å². The SMILES string of the molecule is CCOc1ccc([C@H]2C(=C(O)c3ccc4c(c3)C[C@@H](C)O4)C(=O)C(=O)N2c2nnc(SCc3ccc(C)cc3)s2)cc1OCC. The Balaban J connectivity index is 1.42. The first-order chi connectivity index (χ1) is 21.8. The molecule has 1 N–H and O–H groups in total. The molecule has 45 heavy (non-hydrogen) atoms. The van der Waals surface area contributed by atoms with Gasteiger partial charge >= 0.3 is 5.91 Å². The average molecular weight is 644 g/mol. The Morgan fingerprint density at radius 1 is 1.02 bits per heavy atom. The van der Waals surface area contributed by atoms with Gasteiger partial charge in [0.05, 0.1) is 24.8 Å². The lowest BCUT2D eigenvalue weighted by Crippen LogP contribution is -2.29.